The van der Waals surface area contributed by atoms with Gasteiger partial charge in [-0.15, -0.1) is 0 Å². The van der Waals surface area contributed by atoms with E-state index in [1.807, 2.05) is 12.1 Å². The van der Waals surface area contributed by atoms with Crippen LogP contribution in [-0.2, 0) is 14.8 Å². The Bertz CT molecular complexity index is 846. The standard InChI is InChI=1S/C18H22N4O4S/c1-15-4-5-16(18(23)21(8-2-6-19)9-3-7-20)14-17(15)27(24,25)22-10-12-26-13-11-22/h4-5,14H,2-3,8-13H2,1H3. The molecular formula is C18H22N4O4S. The van der Waals surface area contributed by atoms with Crippen molar-refractivity contribution in [2.75, 3.05) is 39.4 Å². The largest absolute Gasteiger partial charge is 0.379 e. The number of benzene rings is 1. The Kier molecular flexibility index (Phi) is 7.31. The van der Waals surface area contributed by atoms with E-state index in [1.54, 1.807) is 19.1 Å². The van der Waals surface area contributed by atoms with Gasteiger partial charge in [-0.05, 0) is 24.6 Å². The van der Waals surface area contributed by atoms with E-state index in [0.717, 1.165) is 0 Å². The number of ether oxygens (including phenoxy) is 1. The van der Waals surface area contributed by atoms with Crippen molar-refractivity contribution >= 4 is 15.9 Å². The number of aryl methyl sites for hydroxylation is 1. The Hall–Kier alpha value is -2.46. The topological polar surface area (TPSA) is 114 Å². The first-order chi connectivity index (χ1) is 12.9. The Morgan fingerprint density at radius 3 is 2.33 bits per heavy atom. The molecule has 0 aliphatic carbocycles. The van der Waals surface area contributed by atoms with E-state index in [4.69, 9.17) is 15.3 Å². The summed E-state index contributed by atoms with van der Waals surface area (Å²) in [6, 6.07) is 8.51. The van der Waals surface area contributed by atoms with Gasteiger partial charge in [0.05, 0.1) is 43.1 Å². The SMILES string of the molecule is Cc1ccc(C(=O)N(CCC#N)CCC#N)cc1S(=O)(=O)N1CCOCC1. The van der Waals surface area contributed by atoms with Crippen LogP contribution < -0.4 is 0 Å². The average molecular weight is 390 g/mol. The molecule has 0 aromatic heterocycles. The molecule has 0 bridgehead atoms. The van der Waals surface area contributed by atoms with Gasteiger partial charge in [0, 0.05) is 31.7 Å². The molecule has 1 aliphatic heterocycles. The molecule has 144 valence electrons. The van der Waals surface area contributed by atoms with Crippen LogP contribution in [0.2, 0.25) is 0 Å². The van der Waals surface area contributed by atoms with Crippen LogP contribution in [0, 0.1) is 29.6 Å². The van der Waals surface area contributed by atoms with Crippen molar-refractivity contribution in [3.8, 4) is 12.1 Å². The maximum atomic E-state index is 13.0. The fourth-order valence-electron chi connectivity index (χ4n) is 2.80. The summed E-state index contributed by atoms with van der Waals surface area (Å²) in [7, 11) is -3.73. The van der Waals surface area contributed by atoms with Crippen molar-refractivity contribution in [1.29, 1.82) is 10.5 Å². The lowest BCUT2D eigenvalue weighted by atomic mass is 10.1. The van der Waals surface area contributed by atoms with Crippen molar-refractivity contribution in [1.82, 2.24) is 9.21 Å². The lowest BCUT2D eigenvalue weighted by Gasteiger charge is -2.27. The molecule has 1 aromatic carbocycles. The van der Waals surface area contributed by atoms with Gasteiger partial charge in [0.2, 0.25) is 10.0 Å². The van der Waals surface area contributed by atoms with Gasteiger partial charge in [-0.25, -0.2) is 8.42 Å². The minimum absolute atomic E-state index is 0.0933. The summed E-state index contributed by atoms with van der Waals surface area (Å²) in [5.74, 6) is -0.390. The van der Waals surface area contributed by atoms with Gasteiger partial charge in [0.25, 0.3) is 5.91 Å². The monoisotopic (exact) mass is 390 g/mol. The molecule has 1 amide bonds. The fraction of sp³-hybridized carbons (Fsp3) is 0.500. The van der Waals surface area contributed by atoms with Gasteiger partial charge in [-0.1, -0.05) is 6.07 Å². The molecule has 8 nitrogen and oxygen atoms in total. The molecule has 2 rings (SSSR count). The number of morpholine rings is 1. The Balaban J connectivity index is 2.33. The Morgan fingerprint density at radius 2 is 1.78 bits per heavy atom. The number of rotatable bonds is 7. The minimum Gasteiger partial charge on any atom is -0.379 e. The number of carbonyl (C=O) groups is 1. The maximum Gasteiger partial charge on any atom is 0.253 e. The highest BCUT2D eigenvalue weighted by atomic mass is 32.2. The summed E-state index contributed by atoms with van der Waals surface area (Å²) in [6.45, 7) is 3.30. The normalized spacial score (nSPS) is 14.9. The maximum absolute atomic E-state index is 13.0. The van der Waals surface area contributed by atoms with E-state index in [2.05, 4.69) is 0 Å². The van der Waals surface area contributed by atoms with Gasteiger partial charge >= 0.3 is 0 Å². The zero-order valence-corrected chi connectivity index (χ0v) is 16.0. The van der Waals surface area contributed by atoms with Crippen molar-refractivity contribution in [2.24, 2.45) is 0 Å². The molecule has 0 saturated carbocycles. The molecule has 0 radical (unpaired) electrons. The number of nitriles is 2. The second-order valence-electron chi connectivity index (χ2n) is 6.11. The van der Waals surface area contributed by atoms with Crippen molar-refractivity contribution in [3.05, 3.63) is 29.3 Å². The zero-order valence-electron chi connectivity index (χ0n) is 15.2. The average Bonchev–Trinajstić information content (AvgIpc) is 2.68. The van der Waals surface area contributed by atoms with Crippen LogP contribution in [-0.4, -0.2) is 62.9 Å². The number of hydrogen-bond acceptors (Lipinski definition) is 6. The van der Waals surface area contributed by atoms with E-state index in [0.29, 0.717) is 18.8 Å². The number of hydrogen-bond donors (Lipinski definition) is 0. The lowest BCUT2D eigenvalue weighted by molar-refractivity contribution is 0.0729. The van der Waals surface area contributed by atoms with Gasteiger partial charge in [0.1, 0.15) is 0 Å². The van der Waals surface area contributed by atoms with Gasteiger partial charge in [0.15, 0.2) is 0 Å². The number of nitrogens with zero attached hydrogens (tertiary/aromatic N) is 4. The van der Waals surface area contributed by atoms with E-state index < -0.39 is 10.0 Å². The van der Waals surface area contributed by atoms with Crippen LogP contribution in [0.25, 0.3) is 0 Å². The summed E-state index contributed by atoms with van der Waals surface area (Å²) in [6.07, 6.45) is 0.282. The summed E-state index contributed by atoms with van der Waals surface area (Å²) in [5, 5.41) is 17.6. The summed E-state index contributed by atoms with van der Waals surface area (Å²) in [4.78, 5) is 14.3. The highest BCUT2D eigenvalue weighted by Crippen LogP contribution is 2.23. The number of amides is 1. The fourth-order valence-corrected chi connectivity index (χ4v) is 4.46. The highest BCUT2D eigenvalue weighted by molar-refractivity contribution is 7.89. The smallest absolute Gasteiger partial charge is 0.253 e. The molecule has 9 heteroatoms. The molecule has 1 saturated heterocycles. The molecule has 1 aliphatic rings. The molecule has 1 fully saturated rings. The molecule has 1 aromatic rings. The Labute approximate surface area is 159 Å². The molecule has 0 unspecified atom stereocenters. The van der Waals surface area contributed by atoms with E-state index in [9.17, 15) is 13.2 Å². The lowest BCUT2D eigenvalue weighted by Crippen LogP contribution is -2.41. The van der Waals surface area contributed by atoms with E-state index in [1.165, 1.54) is 15.3 Å². The van der Waals surface area contributed by atoms with Crippen molar-refractivity contribution in [3.63, 3.8) is 0 Å². The highest BCUT2D eigenvalue weighted by Gasteiger charge is 2.29. The number of carbonyl (C=O) groups excluding carboxylic acids is 1. The predicted molar refractivity (Wildman–Crippen MR) is 97.1 cm³/mol. The third-order valence-electron chi connectivity index (χ3n) is 4.30. The van der Waals surface area contributed by atoms with Crippen LogP contribution in [0.3, 0.4) is 0 Å². The molecule has 0 spiro atoms. The number of sulfonamides is 1. The first-order valence-corrected chi connectivity index (χ1v) is 10.1. The van der Waals surface area contributed by atoms with Crippen LogP contribution in [0.1, 0.15) is 28.8 Å². The van der Waals surface area contributed by atoms with E-state index in [-0.39, 0.29) is 55.4 Å². The van der Waals surface area contributed by atoms with Crippen LogP contribution in [0.5, 0.6) is 0 Å². The third-order valence-corrected chi connectivity index (χ3v) is 6.34. The van der Waals surface area contributed by atoms with Gasteiger partial charge in [-0.2, -0.15) is 14.8 Å². The molecular weight excluding hydrogens is 368 g/mol. The minimum atomic E-state index is -3.73. The summed E-state index contributed by atoms with van der Waals surface area (Å²) in [5.41, 5.74) is 0.780. The van der Waals surface area contributed by atoms with Crippen LogP contribution in [0.4, 0.5) is 0 Å². The summed E-state index contributed by atoms with van der Waals surface area (Å²) >= 11 is 0. The molecule has 0 N–H and O–H groups in total. The van der Waals surface area contributed by atoms with Gasteiger partial charge in [-0.3, -0.25) is 4.79 Å². The summed E-state index contributed by atoms with van der Waals surface area (Å²) < 4.78 is 32.5. The van der Waals surface area contributed by atoms with Crippen LogP contribution in [0.15, 0.2) is 23.1 Å². The molecule has 0 atom stereocenters. The van der Waals surface area contributed by atoms with Gasteiger partial charge < -0.3 is 9.64 Å². The predicted octanol–water partition coefficient (Wildman–Crippen LogP) is 1.29. The van der Waals surface area contributed by atoms with Crippen molar-refractivity contribution in [2.45, 2.75) is 24.7 Å². The molecule has 1 heterocycles. The molecule has 27 heavy (non-hydrogen) atoms. The quantitative estimate of drug-likeness (QED) is 0.693. The zero-order chi connectivity index (χ0) is 19.9. The Morgan fingerprint density at radius 1 is 1.19 bits per heavy atom. The third kappa shape index (κ3) is 5.04. The first kappa shape index (κ1) is 20.8. The van der Waals surface area contributed by atoms with Crippen molar-refractivity contribution < 1.29 is 17.9 Å². The second-order valence-corrected chi connectivity index (χ2v) is 8.01. The van der Waals surface area contributed by atoms with E-state index >= 15 is 0 Å². The van der Waals surface area contributed by atoms with Crippen LogP contribution >= 0.6 is 0 Å². The first-order valence-electron chi connectivity index (χ1n) is 8.63. The second kappa shape index (κ2) is 9.47.